The van der Waals surface area contributed by atoms with Gasteiger partial charge in [0.1, 0.15) is 18.5 Å². The smallest absolute Gasteiger partial charge is 0.408 e. The third-order valence-electron chi connectivity index (χ3n) is 6.30. The summed E-state index contributed by atoms with van der Waals surface area (Å²) >= 11 is 0. The standard InChI is InChI=1S/C27H37FN4O5/c1-36-24(28)18-32(16-6-5-11-22-13-12-21-10-7-15-29-25(21)30-22)17-14-23(26(33)34)31-27(35)37-19-20-8-3-2-4-9-20/h2-4,8-9,12-13,23-24H,5-7,10-11,14-19H2,1H3,(H,29,30)(H,31,35)(H,33,34)/t23-,24+/m0/s1. The number of carbonyl (C=O) groups is 2. The van der Waals surface area contributed by atoms with E-state index in [0.717, 1.165) is 55.7 Å². The topological polar surface area (TPSA) is 113 Å². The molecule has 37 heavy (non-hydrogen) atoms. The molecule has 0 aliphatic carbocycles. The van der Waals surface area contributed by atoms with Gasteiger partial charge in [-0.1, -0.05) is 36.4 Å². The van der Waals surface area contributed by atoms with E-state index in [-0.39, 0.29) is 26.1 Å². The molecule has 0 bridgehead atoms. The van der Waals surface area contributed by atoms with Gasteiger partial charge < -0.3 is 25.2 Å². The lowest BCUT2D eigenvalue weighted by atomic mass is 10.1. The Morgan fingerprint density at radius 3 is 2.76 bits per heavy atom. The molecule has 3 rings (SSSR count). The van der Waals surface area contributed by atoms with E-state index in [0.29, 0.717) is 6.54 Å². The number of halogens is 1. The number of alkyl halides is 1. The van der Waals surface area contributed by atoms with E-state index < -0.39 is 24.5 Å². The number of amides is 1. The van der Waals surface area contributed by atoms with Crippen LogP contribution < -0.4 is 10.6 Å². The minimum absolute atomic E-state index is 0.0162. The van der Waals surface area contributed by atoms with Crippen molar-refractivity contribution in [2.75, 3.05) is 38.6 Å². The summed E-state index contributed by atoms with van der Waals surface area (Å²) < 4.78 is 23.9. The lowest BCUT2D eigenvalue weighted by molar-refractivity contribution is -0.139. The van der Waals surface area contributed by atoms with Crippen molar-refractivity contribution in [1.82, 2.24) is 15.2 Å². The highest BCUT2D eigenvalue weighted by atomic mass is 19.1. The van der Waals surface area contributed by atoms with E-state index in [1.165, 1.54) is 12.7 Å². The minimum Gasteiger partial charge on any atom is -0.480 e. The first-order valence-electron chi connectivity index (χ1n) is 12.8. The van der Waals surface area contributed by atoms with Gasteiger partial charge in [0.2, 0.25) is 6.36 Å². The van der Waals surface area contributed by atoms with Crippen LogP contribution in [0.4, 0.5) is 15.0 Å². The van der Waals surface area contributed by atoms with Crippen molar-refractivity contribution >= 4 is 17.9 Å². The fraction of sp³-hybridized carbons (Fsp3) is 0.519. The second kappa shape index (κ2) is 15.1. The van der Waals surface area contributed by atoms with Gasteiger partial charge in [0.25, 0.3) is 0 Å². The van der Waals surface area contributed by atoms with Crippen molar-refractivity contribution in [2.45, 2.75) is 57.5 Å². The van der Waals surface area contributed by atoms with Crippen molar-refractivity contribution in [1.29, 1.82) is 0 Å². The van der Waals surface area contributed by atoms with Gasteiger partial charge in [-0.3, -0.25) is 4.90 Å². The van der Waals surface area contributed by atoms with Crippen LogP contribution >= 0.6 is 0 Å². The van der Waals surface area contributed by atoms with Crippen LogP contribution in [0.2, 0.25) is 0 Å². The summed E-state index contributed by atoms with van der Waals surface area (Å²) in [6.07, 6.45) is 2.42. The zero-order chi connectivity index (χ0) is 26.5. The molecule has 0 spiro atoms. The number of fused-ring (bicyclic) bond motifs is 1. The molecule has 3 N–H and O–H groups in total. The Morgan fingerprint density at radius 2 is 2.00 bits per heavy atom. The molecule has 1 amide bonds. The number of methoxy groups -OCH3 is 1. The molecule has 2 heterocycles. The Balaban J connectivity index is 1.45. The molecule has 0 saturated carbocycles. The third-order valence-corrected chi connectivity index (χ3v) is 6.30. The van der Waals surface area contributed by atoms with Crippen LogP contribution in [0.25, 0.3) is 0 Å². The maximum atomic E-state index is 14.0. The predicted molar refractivity (Wildman–Crippen MR) is 138 cm³/mol. The van der Waals surface area contributed by atoms with E-state index in [4.69, 9.17) is 14.5 Å². The van der Waals surface area contributed by atoms with E-state index in [9.17, 15) is 19.1 Å². The molecule has 0 radical (unpaired) electrons. The minimum atomic E-state index is -1.49. The first-order valence-corrected chi connectivity index (χ1v) is 12.8. The quantitative estimate of drug-likeness (QED) is 0.307. The van der Waals surface area contributed by atoms with Gasteiger partial charge in [-0.05, 0) is 62.3 Å². The van der Waals surface area contributed by atoms with Gasteiger partial charge in [-0.25, -0.2) is 19.0 Å². The molecule has 0 fully saturated rings. The van der Waals surface area contributed by atoms with Crippen LogP contribution in [0.15, 0.2) is 42.5 Å². The number of unbranched alkanes of at least 4 members (excludes halogenated alkanes) is 1. The molecule has 1 aromatic carbocycles. The molecule has 10 heteroatoms. The van der Waals surface area contributed by atoms with Crippen LogP contribution in [0.3, 0.4) is 0 Å². The van der Waals surface area contributed by atoms with Crippen molar-refractivity contribution in [3.63, 3.8) is 0 Å². The molecule has 1 aliphatic rings. The number of nitrogens with one attached hydrogen (secondary N) is 2. The van der Waals surface area contributed by atoms with E-state index >= 15 is 0 Å². The Morgan fingerprint density at radius 1 is 1.19 bits per heavy atom. The summed E-state index contributed by atoms with van der Waals surface area (Å²) in [5.41, 5.74) is 3.07. The summed E-state index contributed by atoms with van der Waals surface area (Å²) in [5, 5.41) is 15.3. The number of anilines is 1. The molecular formula is C27H37FN4O5. The Hall–Kier alpha value is -3.24. The van der Waals surface area contributed by atoms with Crippen molar-refractivity contribution in [3.05, 3.63) is 59.3 Å². The number of carboxylic acids is 1. The van der Waals surface area contributed by atoms with Crippen LogP contribution in [0.1, 0.15) is 42.5 Å². The Labute approximate surface area is 217 Å². The molecule has 0 saturated heterocycles. The number of pyridine rings is 1. The number of aryl methyl sites for hydroxylation is 2. The number of rotatable bonds is 15. The average Bonchev–Trinajstić information content (AvgIpc) is 2.92. The van der Waals surface area contributed by atoms with E-state index in [1.807, 2.05) is 35.2 Å². The van der Waals surface area contributed by atoms with E-state index in [2.05, 4.69) is 22.8 Å². The first-order chi connectivity index (χ1) is 17.9. The van der Waals surface area contributed by atoms with E-state index in [1.54, 1.807) is 0 Å². The highest BCUT2D eigenvalue weighted by Crippen LogP contribution is 2.20. The number of alkyl carbamates (subject to hydrolysis) is 1. The molecule has 202 valence electrons. The second-order valence-corrected chi connectivity index (χ2v) is 9.13. The Bertz CT molecular complexity index is 994. The van der Waals surface area contributed by atoms with Gasteiger partial charge in [-0.15, -0.1) is 0 Å². The van der Waals surface area contributed by atoms with Gasteiger partial charge in [-0.2, -0.15) is 0 Å². The van der Waals surface area contributed by atoms with Gasteiger partial charge in [0.15, 0.2) is 0 Å². The molecule has 0 unspecified atom stereocenters. The first kappa shape index (κ1) is 28.3. The lowest BCUT2D eigenvalue weighted by Crippen LogP contribution is -2.44. The Kier molecular flexibility index (Phi) is 11.6. The number of hydrogen-bond acceptors (Lipinski definition) is 7. The normalized spacial score (nSPS) is 14.4. The number of ether oxygens (including phenoxy) is 2. The summed E-state index contributed by atoms with van der Waals surface area (Å²) in [7, 11) is 1.29. The summed E-state index contributed by atoms with van der Waals surface area (Å²) in [5.74, 6) is -0.201. The molecule has 2 aromatic rings. The van der Waals surface area contributed by atoms with Crippen LogP contribution in [-0.2, 0) is 33.7 Å². The molecule has 1 aromatic heterocycles. The fourth-order valence-electron chi connectivity index (χ4n) is 4.20. The number of aliphatic carboxylic acids is 1. The number of nitrogens with zero attached hydrogens (tertiary/aromatic N) is 2. The van der Waals surface area contributed by atoms with Gasteiger partial charge in [0, 0.05) is 25.9 Å². The summed E-state index contributed by atoms with van der Waals surface area (Å²) in [6, 6.07) is 12.2. The zero-order valence-electron chi connectivity index (χ0n) is 21.3. The molecule has 1 aliphatic heterocycles. The molecule has 2 atom stereocenters. The monoisotopic (exact) mass is 516 g/mol. The van der Waals surface area contributed by atoms with Crippen molar-refractivity contribution in [2.24, 2.45) is 0 Å². The lowest BCUT2D eigenvalue weighted by Gasteiger charge is -2.25. The number of hydrogen-bond donors (Lipinski definition) is 3. The maximum Gasteiger partial charge on any atom is 0.408 e. The zero-order valence-corrected chi connectivity index (χ0v) is 21.3. The average molecular weight is 517 g/mol. The highest BCUT2D eigenvalue weighted by molar-refractivity contribution is 5.79. The fourth-order valence-corrected chi connectivity index (χ4v) is 4.20. The summed E-state index contributed by atoms with van der Waals surface area (Å²) in [6.45, 7) is 1.84. The number of carboxylic acid groups (broad SMARTS) is 1. The van der Waals surface area contributed by atoms with Crippen molar-refractivity contribution in [3.8, 4) is 0 Å². The number of carbonyl (C=O) groups excluding carboxylic acids is 1. The van der Waals surface area contributed by atoms with Gasteiger partial charge in [0.05, 0.1) is 6.54 Å². The van der Waals surface area contributed by atoms with Crippen LogP contribution in [0.5, 0.6) is 0 Å². The van der Waals surface area contributed by atoms with Crippen LogP contribution in [0, 0.1) is 0 Å². The largest absolute Gasteiger partial charge is 0.480 e. The molecular weight excluding hydrogens is 479 g/mol. The maximum absolute atomic E-state index is 14.0. The SMILES string of the molecule is CO[C@@H](F)CN(CCCCc1ccc2c(n1)NCCC2)CC[C@H](NC(=O)OCc1ccccc1)C(=O)O. The second-order valence-electron chi connectivity index (χ2n) is 9.13. The molecule has 9 nitrogen and oxygen atoms in total. The highest BCUT2D eigenvalue weighted by Gasteiger charge is 2.23. The third kappa shape index (κ3) is 9.97. The predicted octanol–water partition coefficient (Wildman–Crippen LogP) is 3.78. The van der Waals surface area contributed by atoms with Crippen molar-refractivity contribution < 1.29 is 28.6 Å². The summed E-state index contributed by atoms with van der Waals surface area (Å²) in [4.78, 5) is 30.4. The number of aromatic nitrogens is 1. The van der Waals surface area contributed by atoms with Gasteiger partial charge >= 0.3 is 12.1 Å². The number of benzene rings is 1. The van der Waals surface area contributed by atoms with Crippen LogP contribution in [-0.4, -0.2) is 72.7 Å².